The van der Waals surface area contributed by atoms with Crippen molar-refractivity contribution in [2.75, 3.05) is 10.2 Å². The first-order valence-corrected chi connectivity index (χ1v) is 10.6. The van der Waals surface area contributed by atoms with Gasteiger partial charge in [-0.2, -0.15) is 0 Å². The van der Waals surface area contributed by atoms with Crippen LogP contribution in [0.25, 0.3) is 0 Å². The Morgan fingerprint density at radius 2 is 1.10 bits per heavy atom. The van der Waals surface area contributed by atoms with Crippen molar-refractivity contribution in [2.45, 2.75) is 12.8 Å². The number of halogens is 1. The van der Waals surface area contributed by atoms with E-state index in [-0.39, 0.29) is 6.03 Å². The van der Waals surface area contributed by atoms with E-state index < -0.39 is 0 Å². The summed E-state index contributed by atoms with van der Waals surface area (Å²) in [4.78, 5) is 14.8. The molecular formula is C27H23ClN2O. The maximum atomic E-state index is 13.1. The Morgan fingerprint density at radius 3 is 1.58 bits per heavy atom. The van der Waals surface area contributed by atoms with Gasteiger partial charge in [0.15, 0.2) is 0 Å². The molecule has 0 atom stereocenters. The molecular weight excluding hydrogens is 404 g/mol. The molecule has 4 rings (SSSR count). The molecule has 0 heterocycles. The standard InChI is InChI=1S/C27H23ClN2O/c28-23-17-13-21(14-18-23)11-12-22-15-19-24(20-16-22)29-27(31)30(25-7-3-1-4-8-25)26-9-5-2-6-10-26/h1-10,13-20H,11-12H2,(H,29,31). The van der Waals surface area contributed by atoms with Crippen molar-refractivity contribution < 1.29 is 4.79 Å². The number of nitrogens with one attached hydrogen (secondary N) is 1. The number of carbonyl (C=O) groups excluding carboxylic acids is 1. The molecule has 31 heavy (non-hydrogen) atoms. The molecule has 0 saturated carbocycles. The number of benzene rings is 4. The summed E-state index contributed by atoms with van der Waals surface area (Å²) < 4.78 is 0. The molecule has 4 aromatic rings. The zero-order valence-corrected chi connectivity index (χ0v) is 17.8. The van der Waals surface area contributed by atoms with Crippen molar-refractivity contribution in [2.24, 2.45) is 0 Å². The van der Waals surface area contributed by atoms with Crippen molar-refractivity contribution in [3.05, 3.63) is 125 Å². The van der Waals surface area contributed by atoms with Crippen molar-refractivity contribution in [3.63, 3.8) is 0 Å². The third kappa shape index (κ3) is 5.53. The third-order valence-electron chi connectivity index (χ3n) is 5.05. The molecule has 4 heteroatoms. The molecule has 0 aliphatic heterocycles. The molecule has 0 radical (unpaired) electrons. The lowest BCUT2D eigenvalue weighted by Crippen LogP contribution is -2.30. The van der Waals surface area contributed by atoms with Crippen LogP contribution in [0.1, 0.15) is 11.1 Å². The Kier molecular flexibility index (Phi) is 6.65. The summed E-state index contributed by atoms with van der Waals surface area (Å²) >= 11 is 5.95. The second-order valence-electron chi connectivity index (χ2n) is 7.26. The van der Waals surface area contributed by atoms with E-state index in [0.717, 1.165) is 34.9 Å². The van der Waals surface area contributed by atoms with Gasteiger partial charge in [-0.1, -0.05) is 72.3 Å². The van der Waals surface area contributed by atoms with E-state index in [0.29, 0.717) is 0 Å². The monoisotopic (exact) mass is 426 g/mol. The van der Waals surface area contributed by atoms with Gasteiger partial charge in [0, 0.05) is 10.7 Å². The molecule has 3 nitrogen and oxygen atoms in total. The Morgan fingerprint density at radius 1 is 0.645 bits per heavy atom. The van der Waals surface area contributed by atoms with Crippen LogP contribution in [0.5, 0.6) is 0 Å². The molecule has 0 aliphatic rings. The minimum atomic E-state index is -0.202. The zero-order valence-electron chi connectivity index (χ0n) is 17.0. The molecule has 4 aromatic carbocycles. The second kappa shape index (κ2) is 9.96. The number of anilines is 3. The van der Waals surface area contributed by atoms with Gasteiger partial charge in [-0.25, -0.2) is 4.79 Å². The quantitative estimate of drug-likeness (QED) is 0.340. The zero-order chi connectivity index (χ0) is 21.5. The fourth-order valence-electron chi connectivity index (χ4n) is 3.41. The molecule has 154 valence electrons. The lowest BCUT2D eigenvalue weighted by atomic mass is 10.0. The van der Waals surface area contributed by atoms with Crippen molar-refractivity contribution in [1.82, 2.24) is 0 Å². The van der Waals surface area contributed by atoms with Crippen LogP contribution in [0.2, 0.25) is 5.02 Å². The highest BCUT2D eigenvalue weighted by Crippen LogP contribution is 2.26. The molecule has 2 amide bonds. The van der Waals surface area contributed by atoms with E-state index in [1.165, 1.54) is 11.1 Å². The lowest BCUT2D eigenvalue weighted by Gasteiger charge is -2.23. The van der Waals surface area contributed by atoms with Crippen LogP contribution in [-0.4, -0.2) is 6.03 Å². The number of amides is 2. The highest BCUT2D eigenvalue weighted by Gasteiger charge is 2.17. The topological polar surface area (TPSA) is 32.3 Å². The van der Waals surface area contributed by atoms with E-state index in [4.69, 9.17) is 11.6 Å². The van der Waals surface area contributed by atoms with Gasteiger partial charge in [0.05, 0.1) is 11.4 Å². The highest BCUT2D eigenvalue weighted by atomic mass is 35.5. The Bertz CT molecular complexity index is 1070. The summed E-state index contributed by atoms with van der Waals surface area (Å²) in [6, 6.07) is 35.0. The van der Waals surface area contributed by atoms with Gasteiger partial charge in [0.2, 0.25) is 0 Å². The number of hydrogen-bond donors (Lipinski definition) is 1. The number of carbonyl (C=O) groups is 1. The molecule has 1 N–H and O–H groups in total. The number of rotatable bonds is 6. The highest BCUT2D eigenvalue weighted by molar-refractivity contribution is 6.30. The number of urea groups is 1. The SMILES string of the molecule is O=C(Nc1ccc(CCc2ccc(Cl)cc2)cc1)N(c1ccccc1)c1ccccc1. The van der Waals surface area contributed by atoms with Crippen LogP contribution in [0, 0.1) is 0 Å². The molecule has 0 aliphatic carbocycles. The van der Waals surface area contributed by atoms with Gasteiger partial charge in [0.25, 0.3) is 0 Å². The predicted octanol–water partition coefficient (Wildman–Crippen LogP) is 7.50. The summed E-state index contributed by atoms with van der Waals surface area (Å²) in [6.07, 6.45) is 1.87. The van der Waals surface area contributed by atoms with E-state index in [1.54, 1.807) is 4.90 Å². The van der Waals surface area contributed by atoms with Gasteiger partial charge in [-0.15, -0.1) is 0 Å². The van der Waals surface area contributed by atoms with Gasteiger partial charge in [-0.05, 0) is 72.5 Å². The molecule has 0 saturated heterocycles. The summed E-state index contributed by atoms with van der Waals surface area (Å²) in [5.41, 5.74) is 4.85. The van der Waals surface area contributed by atoms with Crippen LogP contribution in [0.3, 0.4) is 0 Å². The van der Waals surface area contributed by atoms with Crippen LogP contribution in [0.15, 0.2) is 109 Å². The van der Waals surface area contributed by atoms with E-state index >= 15 is 0 Å². The van der Waals surface area contributed by atoms with Crippen LogP contribution in [-0.2, 0) is 12.8 Å². The number of hydrogen-bond acceptors (Lipinski definition) is 1. The predicted molar refractivity (Wildman–Crippen MR) is 129 cm³/mol. The summed E-state index contributed by atoms with van der Waals surface area (Å²) in [5, 5.41) is 3.77. The van der Waals surface area contributed by atoms with Crippen LogP contribution < -0.4 is 10.2 Å². The Balaban J connectivity index is 1.44. The first-order chi connectivity index (χ1) is 15.2. The van der Waals surface area contributed by atoms with E-state index in [9.17, 15) is 4.79 Å². The minimum absolute atomic E-state index is 0.202. The smallest absolute Gasteiger partial charge is 0.307 e. The fourth-order valence-corrected chi connectivity index (χ4v) is 3.54. The van der Waals surface area contributed by atoms with E-state index in [2.05, 4.69) is 29.6 Å². The third-order valence-corrected chi connectivity index (χ3v) is 5.30. The summed E-state index contributed by atoms with van der Waals surface area (Å²) in [5.74, 6) is 0. The molecule has 0 unspecified atom stereocenters. The molecule has 0 spiro atoms. The second-order valence-corrected chi connectivity index (χ2v) is 7.70. The molecule has 0 bridgehead atoms. The lowest BCUT2D eigenvalue weighted by molar-refractivity contribution is 0.259. The van der Waals surface area contributed by atoms with Crippen LogP contribution in [0.4, 0.5) is 21.9 Å². The average Bonchev–Trinajstić information content (AvgIpc) is 2.81. The van der Waals surface area contributed by atoms with Gasteiger partial charge in [0.1, 0.15) is 0 Å². The maximum absolute atomic E-state index is 13.1. The number of nitrogens with zero attached hydrogens (tertiary/aromatic N) is 1. The molecule has 0 aromatic heterocycles. The first-order valence-electron chi connectivity index (χ1n) is 10.2. The number of para-hydroxylation sites is 2. The van der Waals surface area contributed by atoms with Crippen LogP contribution >= 0.6 is 11.6 Å². The largest absolute Gasteiger partial charge is 0.330 e. The van der Waals surface area contributed by atoms with Gasteiger partial charge >= 0.3 is 6.03 Å². The summed E-state index contributed by atoms with van der Waals surface area (Å²) in [7, 11) is 0. The minimum Gasteiger partial charge on any atom is -0.307 e. The van der Waals surface area contributed by atoms with E-state index in [1.807, 2.05) is 84.9 Å². The average molecular weight is 427 g/mol. The first kappa shape index (κ1) is 20.7. The summed E-state index contributed by atoms with van der Waals surface area (Å²) in [6.45, 7) is 0. The van der Waals surface area contributed by atoms with Crippen molar-refractivity contribution in [3.8, 4) is 0 Å². The number of aryl methyl sites for hydroxylation is 2. The Hall–Kier alpha value is -3.56. The fraction of sp³-hybridized carbons (Fsp3) is 0.0741. The molecule has 0 fully saturated rings. The maximum Gasteiger partial charge on any atom is 0.330 e. The Labute approximate surface area is 187 Å². The normalized spacial score (nSPS) is 10.5. The van der Waals surface area contributed by atoms with Gasteiger partial charge < -0.3 is 5.32 Å². The van der Waals surface area contributed by atoms with Gasteiger partial charge in [-0.3, -0.25) is 4.90 Å². The van der Waals surface area contributed by atoms with Crippen molar-refractivity contribution in [1.29, 1.82) is 0 Å². The van der Waals surface area contributed by atoms with Crippen molar-refractivity contribution >= 4 is 34.7 Å².